The van der Waals surface area contributed by atoms with E-state index in [1.165, 1.54) is 0 Å². The molecule has 0 radical (unpaired) electrons. The average Bonchev–Trinajstić information content (AvgIpc) is 3.04. The third-order valence-corrected chi connectivity index (χ3v) is 4.79. The third-order valence-electron chi connectivity index (χ3n) is 4.79. The number of nitrogens with one attached hydrogen (secondary N) is 1. The highest BCUT2D eigenvalue weighted by Gasteiger charge is 2.53. The SMILES string of the molecule is COCCN1C[C@]2(CCOC2)N(C2CCNCC2)C1=O. The maximum absolute atomic E-state index is 12.8. The lowest BCUT2D eigenvalue weighted by Gasteiger charge is -2.40. The summed E-state index contributed by atoms with van der Waals surface area (Å²) in [5.74, 6) is 0. The number of rotatable bonds is 4. The molecule has 0 bridgehead atoms. The van der Waals surface area contributed by atoms with Gasteiger partial charge in [-0.25, -0.2) is 4.79 Å². The smallest absolute Gasteiger partial charge is 0.321 e. The van der Waals surface area contributed by atoms with Crippen LogP contribution in [-0.2, 0) is 9.47 Å². The lowest BCUT2D eigenvalue weighted by atomic mass is 9.93. The van der Waals surface area contributed by atoms with Crippen molar-refractivity contribution in [3.63, 3.8) is 0 Å². The number of piperidine rings is 1. The van der Waals surface area contributed by atoms with Gasteiger partial charge in [-0.3, -0.25) is 0 Å². The van der Waals surface area contributed by atoms with E-state index in [1.54, 1.807) is 7.11 Å². The zero-order valence-electron chi connectivity index (χ0n) is 12.3. The predicted octanol–water partition coefficient (Wildman–Crippen LogP) is 0.282. The molecule has 3 rings (SSSR count). The van der Waals surface area contributed by atoms with Crippen LogP contribution < -0.4 is 5.32 Å². The first-order chi connectivity index (χ1) is 9.77. The quantitative estimate of drug-likeness (QED) is 0.805. The number of nitrogens with zero attached hydrogens (tertiary/aromatic N) is 2. The van der Waals surface area contributed by atoms with Gasteiger partial charge in [0, 0.05) is 32.8 Å². The van der Waals surface area contributed by atoms with E-state index in [0.717, 1.165) is 45.5 Å². The number of hydrogen-bond acceptors (Lipinski definition) is 4. The van der Waals surface area contributed by atoms with Gasteiger partial charge in [0.05, 0.1) is 18.8 Å². The molecule has 1 N–H and O–H groups in total. The maximum Gasteiger partial charge on any atom is 0.321 e. The second kappa shape index (κ2) is 5.87. The van der Waals surface area contributed by atoms with Crippen molar-refractivity contribution in [3.8, 4) is 0 Å². The molecule has 3 heterocycles. The maximum atomic E-state index is 12.8. The Hall–Kier alpha value is -0.850. The fourth-order valence-corrected chi connectivity index (χ4v) is 3.75. The number of carbonyl (C=O) groups is 1. The fourth-order valence-electron chi connectivity index (χ4n) is 3.75. The van der Waals surface area contributed by atoms with Crippen molar-refractivity contribution >= 4 is 6.03 Å². The minimum atomic E-state index is -0.0904. The van der Waals surface area contributed by atoms with Crippen LogP contribution in [-0.4, -0.2) is 80.5 Å². The van der Waals surface area contributed by atoms with Gasteiger partial charge in [-0.15, -0.1) is 0 Å². The molecule has 0 aromatic rings. The standard InChI is InChI=1S/C14H25N3O3/c1-19-9-7-16-10-14(4-8-20-11-14)17(13(16)18)12-2-5-15-6-3-12/h12,15H,2-11H2,1H3/t14-/m0/s1. The van der Waals surface area contributed by atoms with Gasteiger partial charge in [0.15, 0.2) is 0 Å². The molecule has 0 aromatic heterocycles. The number of ether oxygens (including phenoxy) is 2. The Balaban J connectivity index is 1.78. The second-order valence-electron chi connectivity index (χ2n) is 6.08. The molecule has 3 fully saturated rings. The molecule has 20 heavy (non-hydrogen) atoms. The molecule has 3 saturated heterocycles. The first kappa shape index (κ1) is 14.1. The molecule has 3 aliphatic heterocycles. The second-order valence-corrected chi connectivity index (χ2v) is 6.08. The highest BCUT2D eigenvalue weighted by molar-refractivity contribution is 5.79. The number of urea groups is 1. The summed E-state index contributed by atoms with van der Waals surface area (Å²) in [6.45, 7) is 5.53. The highest BCUT2D eigenvalue weighted by atomic mass is 16.5. The van der Waals surface area contributed by atoms with Gasteiger partial charge in [0.1, 0.15) is 0 Å². The van der Waals surface area contributed by atoms with Crippen LogP contribution in [0, 0.1) is 0 Å². The van der Waals surface area contributed by atoms with Crippen LogP contribution in [0.4, 0.5) is 4.79 Å². The van der Waals surface area contributed by atoms with Crippen molar-refractivity contribution in [2.45, 2.75) is 30.8 Å². The molecule has 6 nitrogen and oxygen atoms in total. The predicted molar refractivity (Wildman–Crippen MR) is 74.7 cm³/mol. The summed E-state index contributed by atoms with van der Waals surface area (Å²) in [5.41, 5.74) is -0.0904. The summed E-state index contributed by atoms with van der Waals surface area (Å²) < 4.78 is 10.8. The number of methoxy groups -OCH3 is 1. The molecule has 0 saturated carbocycles. The fraction of sp³-hybridized carbons (Fsp3) is 0.929. The highest BCUT2D eigenvalue weighted by Crippen LogP contribution is 2.37. The Morgan fingerprint density at radius 2 is 2.25 bits per heavy atom. The summed E-state index contributed by atoms with van der Waals surface area (Å²) in [5, 5.41) is 3.37. The molecular formula is C14H25N3O3. The summed E-state index contributed by atoms with van der Waals surface area (Å²) in [6.07, 6.45) is 3.06. The van der Waals surface area contributed by atoms with Crippen molar-refractivity contribution in [1.82, 2.24) is 15.1 Å². The Labute approximate surface area is 120 Å². The first-order valence-corrected chi connectivity index (χ1v) is 7.62. The summed E-state index contributed by atoms with van der Waals surface area (Å²) in [7, 11) is 1.68. The van der Waals surface area contributed by atoms with Gasteiger partial charge >= 0.3 is 6.03 Å². The van der Waals surface area contributed by atoms with E-state index in [0.29, 0.717) is 25.8 Å². The van der Waals surface area contributed by atoms with E-state index in [4.69, 9.17) is 9.47 Å². The van der Waals surface area contributed by atoms with Crippen LogP contribution in [0.3, 0.4) is 0 Å². The molecule has 114 valence electrons. The Morgan fingerprint density at radius 3 is 2.90 bits per heavy atom. The Bertz CT molecular complexity index is 352. The van der Waals surface area contributed by atoms with Crippen LogP contribution in [0.5, 0.6) is 0 Å². The zero-order chi connectivity index (χ0) is 14.0. The summed E-state index contributed by atoms with van der Waals surface area (Å²) in [4.78, 5) is 16.9. The zero-order valence-corrected chi connectivity index (χ0v) is 12.3. The van der Waals surface area contributed by atoms with Gasteiger partial charge in [-0.05, 0) is 32.4 Å². The third kappa shape index (κ3) is 2.40. The van der Waals surface area contributed by atoms with Crippen molar-refractivity contribution in [1.29, 1.82) is 0 Å². The Morgan fingerprint density at radius 1 is 1.45 bits per heavy atom. The van der Waals surface area contributed by atoms with Crippen molar-refractivity contribution < 1.29 is 14.3 Å². The minimum Gasteiger partial charge on any atom is -0.383 e. The van der Waals surface area contributed by atoms with Gasteiger partial charge in [0.2, 0.25) is 0 Å². The minimum absolute atomic E-state index is 0.0904. The van der Waals surface area contributed by atoms with Crippen molar-refractivity contribution in [2.24, 2.45) is 0 Å². The summed E-state index contributed by atoms with van der Waals surface area (Å²) in [6, 6.07) is 0.539. The first-order valence-electron chi connectivity index (χ1n) is 7.62. The van der Waals surface area contributed by atoms with Crippen LogP contribution >= 0.6 is 0 Å². The molecule has 2 amide bonds. The molecular weight excluding hydrogens is 258 g/mol. The van der Waals surface area contributed by atoms with Gasteiger partial charge in [0.25, 0.3) is 0 Å². The molecule has 6 heteroatoms. The van der Waals surface area contributed by atoms with E-state index >= 15 is 0 Å². The van der Waals surface area contributed by atoms with Gasteiger partial charge in [-0.1, -0.05) is 0 Å². The Kier molecular flexibility index (Phi) is 4.14. The van der Waals surface area contributed by atoms with E-state index in [-0.39, 0.29) is 11.6 Å². The van der Waals surface area contributed by atoms with E-state index < -0.39 is 0 Å². The molecule has 0 aromatic carbocycles. The van der Waals surface area contributed by atoms with Crippen molar-refractivity contribution in [3.05, 3.63) is 0 Å². The van der Waals surface area contributed by atoms with E-state index in [2.05, 4.69) is 10.2 Å². The summed E-state index contributed by atoms with van der Waals surface area (Å²) >= 11 is 0. The molecule has 3 aliphatic rings. The topological polar surface area (TPSA) is 54.0 Å². The van der Waals surface area contributed by atoms with Crippen LogP contribution in [0.1, 0.15) is 19.3 Å². The monoisotopic (exact) mass is 283 g/mol. The lowest BCUT2D eigenvalue weighted by Crippen LogP contribution is -2.55. The van der Waals surface area contributed by atoms with Gasteiger partial charge in [-0.2, -0.15) is 0 Å². The number of carbonyl (C=O) groups excluding carboxylic acids is 1. The molecule has 0 aliphatic carbocycles. The van der Waals surface area contributed by atoms with Crippen LogP contribution in [0.2, 0.25) is 0 Å². The van der Waals surface area contributed by atoms with E-state index in [9.17, 15) is 4.79 Å². The van der Waals surface area contributed by atoms with Gasteiger partial charge < -0.3 is 24.6 Å². The molecule has 1 atom stereocenters. The van der Waals surface area contributed by atoms with Crippen LogP contribution in [0.25, 0.3) is 0 Å². The van der Waals surface area contributed by atoms with Crippen molar-refractivity contribution in [2.75, 3.05) is 53.1 Å². The van der Waals surface area contributed by atoms with E-state index in [1.807, 2.05) is 4.90 Å². The van der Waals surface area contributed by atoms with Crippen LogP contribution in [0.15, 0.2) is 0 Å². The average molecular weight is 283 g/mol. The normalized spacial score (nSPS) is 31.8. The lowest BCUT2D eigenvalue weighted by molar-refractivity contribution is 0.0807. The number of amides is 2. The number of hydrogen-bond donors (Lipinski definition) is 1. The molecule has 1 spiro atoms. The molecule has 0 unspecified atom stereocenters. The largest absolute Gasteiger partial charge is 0.383 e.